The second kappa shape index (κ2) is 11.5. The van der Waals surface area contributed by atoms with Crippen molar-refractivity contribution in [1.29, 1.82) is 0 Å². The first kappa shape index (κ1) is 22.0. The lowest BCUT2D eigenvalue weighted by molar-refractivity contribution is -0.130. The Morgan fingerprint density at radius 3 is 2.50 bits per heavy atom. The molecule has 1 aliphatic rings. The summed E-state index contributed by atoms with van der Waals surface area (Å²) in [5, 5.41) is 2.89. The Bertz CT molecular complexity index is 647. The van der Waals surface area contributed by atoms with Crippen molar-refractivity contribution in [2.24, 2.45) is 0 Å². The molecule has 1 aromatic carbocycles. The van der Waals surface area contributed by atoms with Gasteiger partial charge in [0.05, 0.1) is 27.4 Å². The van der Waals surface area contributed by atoms with Gasteiger partial charge in [0.15, 0.2) is 11.5 Å². The zero-order chi connectivity index (χ0) is 20.4. The van der Waals surface area contributed by atoms with Gasteiger partial charge < -0.3 is 24.4 Å². The fourth-order valence-corrected chi connectivity index (χ4v) is 3.03. The molecule has 0 unspecified atom stereocenters. The number of amides is 2. The minimum Gasteiger partial charge on any atom is -0.493 e. The number of hydrogen-bond acceptors (Lipinski definition) is 6. The molecule has 1 aromatic rings. The Morgan fingerprint density at radius 2 is 1.86 bits per heavy atom. The van der Waals surface area contributed by atoms with Crippen LogP contribution in [0.25, 0.3) is 0 Å². The van der Waals surface area contributed by atoms with E-state index in [2.05, 4.69) is 10.2 Å². The molecule has 1 saturated heterocycles. The van der Waals surface area contributed by atoms with Crippen molar-refractivity contribution in [2.45, 2.75) is 19.9 Å². The minimum absolute atomic E-state index is 0.0130. The summed E-state index contributed by atoms with van der Waals surface area (Å²) in [7, 11) is 3.16. The van der Waals surface area contributed by atoms with Crippen molar-refractivity contribution in [3.05, 3.63) is 23.8 Å². The van der Waals surface area contributed by atoms with Gasteiger partial charge in [0.2, 0.25) is 11.8 Å². The molecule has 1 fully saturated rings. The van der Waals surface area contributed by atoms with Crippen LogP contribution in [0.4, 0.5) is 0 Å². The normalized spacial score (nSPS) is 14.4. The Kier molecular flexibility index (Phi) is 9.03. The van der Waals surface area contributed by atoms with Crippen LogP contribution < -0.4 is 14.8 Å². The van der Waals surface area contributed by atoms with Crippen molar-refractivity contribution in [1.82, 2.24) is 15.1 Å². The number of ether oxygens (including phenoxy) is 3. The summed E-state index contributed by atoms with van der Waals surface area (Å²) in [5.41, 5.74) is 0.918. The number of rotatable bonds is 10. The predicted octanol–water partition coefficient (Wildman–Crippen LogP) is 0.891. The van der Waals surface area contributed by atoms with E-state index in [1.54, 1.807) is 26.0 Å². The van der Waals surface area contributed by atoms with Crippen molar-refractivity contribution >= 4 is 11.8 Å². The van der Waals surface area contributed by atoms with Crippen LogP contribution >= 0.6 is 0 Å². The number of benzene rings is 1. The number of methoxy groups -OCH3 is 2. The van der Waals surface area contributed by atoms with E-state index in [-0.39, 0.29) is 18.2 Å². The van der Waals surface area contributed by atoms with Crippen molar-refractivity contribution in [3.8, 4) is 11.5 Å². The summed E-state index contributed by atoms with van der Waals surface area (Å²) in [6.07, 6.45) is 0.274. The van der Waals surface area contributed by atoms with Crippen LogP contribution in [0.2, 0.25) is 0 Å². The third-order valence-corrected chi connectivity index (χ3v) is 4.78. The highest BCUT2D eigenvalue weighted by molar-refractivity contribution is 5.78. The molecule has 0 atom stereocenters. The lowest BCUT2D eigenvalue weighted by atomic mass is 10.2. The van der Waals surface area contributed by atoms with E-state index in [4.69, 9.17) is 14.2 Å². The molecule has 0 spiro atoms. The quantitative estimate of drug-likeness (QED) is 0.636. The summed E-state index contributed by atoms with van der Waals surface area (Å²) in [6, 6.07) is 5.53. The van der Waals surface area contributed by atoms with Crippen LogP contribution in [0.5, 0.6) is 11.5 Å². The zero-order valence-corrected chi connectivity index (χ0v) is 17.0. The van der Waals surface area contributed by atoms with Gasteiger partial charge in [0.25, 0.3) is 0 Å². The highest BCUT2D eigenvalue weighted by Gasteiger charge is 2.15. The molecule has 8 nitrogen and oxygen atoms in total. The van der Waals surface area contributed by atoms with Crippen LogP contribution in [0.15, 0.2) is 18.2 Å². The third-order valence-electron chi connectivity index (χ3n) is 4.78. The summed E-state index contributed by atoms with van der Waals surface area (Å²) < 4.78 is 15.8. The number of carbonyl (C=O) groups excluding carboxylic acids is 2. The number of nitrogens with one attached hydrogen (secondary N) is 1. The van der Waals surface area contributed by atoms with E-state index in [0.717, 1.165) is 38.4 Å². The SMILES string of the molecule is COc1ccc(CNC(=O)CCN(CCN2CCOCC2)C(C)=O)cc1OC. The molecule has 1 aliphatic heterocycles. The van der Waals surface area contributed by atoms with Crippen LogP contribution in [0.1, 0.15) is 18.9 Å². The first-order chi connectivity index (χ1) is 13.5. The molecule has 1 N–H and O–H groups in total. The number of morpholine rings is 1. The standard InChI is InChI=1S/C20H31N3O5/c1-16(24)23(9-8-22-10-12-28-13-11-22)7-6-20(25)21-15-17-4-5-18(26-2)19(14-17)27-3/h4-5,14H,6-13,15H2,1-3H3,(H,21,25). The highest BCUT2D eigenvalue weighted by Crippen LogP contribution is 2.27. The van der Waals surface area contributed by atoms with Crippen LogP contribution in [-0.2, 0) is 20.9 Å². The number of nitrogens with zero attached hydrogens (tertiary/aromatic N) is 2. The van der Waals surface area contributed by atoms with Crippen molar-refractivity contribution in [2.75, 3.05) is 60.2 Å². The molecular formula is C20H31N3O5. The molecule has 8 heteroatoms. The van der Waals surface area contributed by atoms with E-state index in [0.29, 0.717) is 31.1 Å². The van der Waals surface area contributed by atoms with Crippen molar-refractivity contribution < 1.29 is 23.8 Å². The maximum absolute atomic E-state index is 12.2. The lowest BCUT2D eigenvalue weighted by Gasteiger charge is -2.29. The number of carbonyl (C=O) groups is 2. The largest absolute Gasteiger partial charge is 0.493 e. The molecule has 2 amide bonds. The zero-order valence-electron chi connectivity index (χ0n) is 17.0. The topological polar surface area (TPSA) is 80.3 Å². The maximum atomic E-state index is 12.2. The first-order valence-corrected chi connectivity index (χ1v) is 9.56. The van der Waals surface area contributed by atoms with Crippen molar-refractivity contribution in [3.63, 3.8) is 0 Å². The smallest absolute Gasteiger partial charge is 0.222 e. The molecule has 0 aliphatic carbocycles. The lowest BCUT2D eigenvalue weighted by Crippen LogP contribution is -2.43. The van der Waals surface area contributed by atoms with E-state index >= 15 is 0 Å². The van der Waals surface area contributed by atoms with E-state index in [9.17, 15) is 9.59 Å². The fourth-order valence-electron chi connectivity index (χ4n) is 3.03. The summed E-state index contributed by atoms with van der Waals surface area (Å²) in [4.78, 5) is 28.1. The van der Waals surface area contributed by atoms with Gasteiger partial charge in [-0.2, -0.15) is 0 Å². The summed E-state index contributed by atoms with van der Waals surface area (Å²) >= 11 is 0. The molecular weight excluding hydrogens is 362 g/mol. The molecule has 0 saturated carbocycles. The van der Waals surface area contributed by atoms with Gasteiger partial charge in [-0.15, -0.1) is 0 Å². The molecule has 0 radical (unpaired) electrons. The monoisotopic (exact) mass is 393 g/mol. The number of hydrogen-bond donors (Lipinski definition) is 1. The highest BCUT2D eigenvalue weighted by atomic mass is 16.5. The Morgan fingerprint density at radius 1 is 1.14 bits per heavy atom. The third kappa shape index (κ3) is 7.01. The Hall–Kier alpha value is -2.32. The molecule has 0 aromatic heterocycles. The molecule has 0 bridgehead atoms. The van der Waals surface area contributed by atoms with E-state index in [1.165, 1.54) is 0 Å². The average Bonchev–Trinajstić information content (AvgIpc) is 2.72. The van der Waals surface area contributed by atoms with Gasteiger partial charge in [0, 0.05) is 52.6 Å². The van der Waals surface area contributed by atoms with Gasteiger partial charge >= 0.3 is 0 Å². The second-order valence-corrected chi connectivity index (χ2v) is 6.68. The van der Waals surface area contributed by atoms with E-state index < -0.39 is 0 Å². The molecule has 156 valence electrons. The van der Waals surface area contributed by atoms with Gasteiger partial charge in [0.1, 0.15) is 0 Å². The van der Waals surface area contributed by atoms with Gasteiger partial charge in [-0.25, -0.2) is 0 Å². The summed E-state index contributed by atoms with van der Waals surface area (Å²) in [6.45, 7) is 7.02. The Balaban J connectivity index is 1.75. The first-order valence-electron chi connectivity index (χ1n) is 9.56. The van der Waals surface area contributed by atoms with Gasteiger partial charge in [-0.3, -0.25) is 14.5 Å². The molecule has 1 heterocycles. The molecule has 2 rings (SSSR count). The minimum atomic E-state index is -0.0904. The van der Waals surface area contributed by atoms with E-state index in [1.807, 2.05) is 18.2 Å². The predicted molar refractivity (Wildman–Crippen MR) is 106 cm³/mol. The van der Waals surface area contributed by atoms with Crippen LogP contribution in [-0.4, -0.2) is 81.8 Å². The van der Waals surface area contributed by atoms with Gasteiger partial charge in [-0.05, 0) is 17.7 Å². The maximum Gasteiger partial charge on any atom is 0.222 e. The molecule has 28 heavy (non-hydrogen) atoms. The second-order valence-electron chi connectivity index (χ2n) is 6.68. The van der Waals surface area contributed by atoms with Crippen LogP contribution in [0, 0.1) is 0 Å². The summed E-state index contributed by atoms with van der Waals surface area (Å²) in [5.74, 6) is 1.17. The van der Waals surface area contributed by atoms with Crippen LogP contribution in [0.3, 0.4) is 0 Å². The average molecular weight is 393 g/mol. The van der Waals surface area contributed by atoms with Gasteiger partial charge in [-0.1, -0.05) is 6.07 Å². The Labute approximate surface area is 166 Å². The fraction of sp³-hybridized carbons (Fsp3) is 0.600.